The van der Waals surface area contributed by atoms with E-state index in [1.807, 2.05) is 37.3 Å². The quantitative estimate of drug-likeness (QED) is 0.639. The van der Waals surface area contributed by atoms with Crippen LogP contribution in [0.4, 0.5) is 11.4 Å². The number of ketones is 1. The van der Waals surface area contributed by atoms with Crippen LogP contribution in [0.2, 0.25) is 0 Å². The second-order valence-electron chi connectivity index (χ2n) is 4.20. The van der Waals surface area contributed by atoms with Crippen molar-refractivity contribution >= 4 is 17.2 Å². The number of benzene rings is 2. The molecule has 3 heteroatoms. The molecule has 2 aromatic rings. The summed E-state index contributed by atoms with van der Waals surface area (Å²) in [6, 6.07) is 12.8. The van der Waals surface area contributed by atoms with Gasteiger partial charge in [0.05, 0.1) is 0 Å². The third-order valence-electron chi connectivity index (χ3n) is 2.92. The molecule has 0 aromatic heterocycles. The molecule has 2 aromatic carbocycles. The van der Waals surface area contributed by atoms with E-state index in [1.165, 1.54) is 0 Å². The number of hydrogen-bond donors (Lipinski definition) is 2. The van der Waals surface area contributed by atoms with Crippen molar-refractivity contribution in [2.45, 2.75) is 13.3 Å². The van der Waals surface area contributed by atoms with Gasteiger partial charge in [-0.3, -0.25) is 4.79 Å². The van der Waals surface area contributed by atoms with E-state index in [0.29, 0.717) is 17.8 Å². The van der Waals surface area contributed by atoms with E-state index in [4.69, 9.17) is 11.5 Å². The van der Waals surface area contributed by atoms with Crippen molar-refractivity contribution in [1.82, 2.24) is 0 Å². The van der Waals surface area contributed by atoms with E-state index >= 15 is 0 Å². The zero-order valence-electron chi connectivity index (χ0n) is 10.3. The Morgan fingerprint density at radius 1 is 1.06 bits per heavy atom. The lowest BCUT2D eigenvalue weighted by atomic mass is 10.00. The molecule has 3 nitrogen and oxygen atoms in total. The van der Waals surface area contributed by atoms with Crippen molar-refractivity contribution in [2.24, 2.45) is 0 Å². The van der Waals surface area contributed by atoms with Gasteiger partial charge in [-0.1, -0.05) is 31.2 Å². The fraction of sp³-hybridized carbons (Fsp3) is 0.133. The van der Waals surface area contributed by atoms with Crippen molar-refractivity contribution in [2.75, 3.05) is 11.5 Å². The summed E-state index contributed by atoms with van der Waals surface area (Å²) in [5.41, 5.74) is 15.6. The first-order chi connectivity index (χ1) is 8.61. The highest BCUT2D eigenvalue weighted by atomic mass is 16.1. The van der Waals surface area contributed by atoms with Crippen LogP contribution in [0.1, 0.15) is 23.7 Å². The van der Waals surface area contributed by atoms with Crippen LogP contribution < -0.4 is 11.5 Å². The summed E-state index contributed by atoms with van der Waals surface area (Å²) in [4.78, 5) is 11.5. The number of carbonyl (C=O) groups is 1. The molecule has 0 heterocycles. The minimum absolute atomic E-state index is 0.141. The highest BCUT2D eigenvalue weighted by Crippen LogP contribution is 2.28. The standard InChI is InChI=1S/C15H16N2O/c1-2-15(18)11-5-3-10(4-6-11)13-9-12(16)7-8-14(13)17/h3-9H,2,16-17H2,1H3. The molecule has 4 N–H and O–H groups in total. The van der Waals surface area contributed by atoms with E-state index in [9.17, 15) is 4.79 Å². The Bertz CT molecular complexity index is 574. The van der Waals surface area contributed by atoms with Gasteiger partial charge in [0.25, 0.3) is 0 Å². The maximum atomic E-state index is 11.5. The lowest BCUT2D eigenvalue weighted by Crippen LogP contribution is -1.96. The number of hydrogen-bond acceptors (Lipinski definition) is 3. The van der Waals surface area contributed by atoms with Gasteiger partial charge in [0.15, 0.2) is 5.78 Å². The third-order valence-corrected chi connectivity index (χ3v) is 2.92. The Morgan fingerprint density at radius 3 is 2.33 bits per heavy atom. The van der Waals surface area contributed by atoms with Crippen molar-refractivity contribution in [1.29, 1.82) is 0 Å². The summed E-state index contributed by atoms with van der Waals surface area (Å²) < 4.78 is 0. The van der Waals surface area contributed by atoms with Crippen molar-refractivity contribution < 1.29 is 4.79 Å². The fourth-order valence-corrected chi connectivity index (χ4v) is 1.86. The Kier molecular flexibility index (Phi) is 3.33. The van der Waals surface area contributed by atoms with E-state index in [2.05, 4.69) is 0 Å². The summed E-state index contributed by atoms with van der Waals surface area (Å²) in [7, 11) is 0. The second-order valence-corrected chi connectivity index (χ2v) is 4.20. The van der Waals surface area contributed by atoms with Crippen LogP contribution in [0.25, 0.3) is 11.1 Å². The molecule has 92 valence electrons. The molecule has 0 fully saturated rings. The molecule has 0 amide bonds. The lowest BCUT2D eigenvalue weighted by Gasteiger charge is -2.07. The van der Waals surface area contributed by atoms with Crippen LogP contribution in [-0.2, 0) is 0 Å². The normalized spacial score (nSPS) is 10.3. The molecule has 0 bridgehead atoms. The van der Waals surface area contributed by atoms with Gasteiger partial charge in [0.1, 0.15) is 0 Å². The maximum absolute atomic E-state index is 11.5. The molecular formula is C15H16N2O. The van der Waals surface area contributed by atoms with Crippen LogP contribution in [0.5, 0.6) is 0 Å². The molecule has 0 unspecified atom stereocenters. The van der Waals surface area contributed by atoms with E-state index < -0.39 is 0 Å². The number of anilines is 2. The zero-order chi connectivity index (χ0) is 13.1. The van der Waals surface area contributed by atoms with Gasteiger partial charge in [0, 0.05) is 28.9 Å². The van der Waals surface area contributed by atoms with Gasteiger partial charge in [0.2, 0.25) is 0 Å². The zero-order valence-corrected chi connectivity index (χ0v) is 10.3. The van der Waals surface area contributed by atoms with Gasteiger partial charge in [-0.2, -0.15) is 0 Å². The number of nitrogens with two attached hydrogens (primary N) is 2. The first kappa shape index (κ1) is 12.2. The SMILES string of the molecule is CCC(=O)c1ccc(-c2cc(N)ccc2N)cc1. The largest absolute Gasteiger partial charge is 0.399 e. The van der Waals surface area contributed by atoms with Crippen LogP contribution >= 0.6 is 0 Å². The van der Waals surface area contributed by atoms with Crippen molar-refractivity contribution in [3.05, 3.63) is 48.0 Å². The highest BCUT2D eigenvalue weighted by Gasteiger charge is 2.06. The Hall–Kier alpha value is -2.29. The number of Topliss-reactive ketones (excluding diaryl/α,β-unsaturated/α-hetero) is 1. The van der Waals surface area contributed by atoms with Crippen LogP contribution in [0.15, 0.2) is 42.5 Å². The average molecular weight is 240 g/mol. The van der Waals surface area contributed by atoms with Gasteiger partial charge in [-0.25, -0.2) is 0 Å². The molecule has 0 aliphatic rings. The molecular weight excluding hydrogens is 224 g/mol. The number of carbonyl (C=O) groups excluding carboxylic acids is 1. The van der Waals surface area contributed by atoms with Gasteiger partial charge < -0.3 is 11.5 Å². The second kappa shape index (κ2) is 4.92. The first-order valence-corrected chi connectivity index (χ1v) is 5.90. The molecule has 2 rings (SSSR count). The Labute approximate surface area is 106 Å². The summed E-state index contributed by atoms with van der Waals surface area (Å²) in [5, 5.41) is 0. The maximum Gasteiger partial charge on any atom is 0.162 e. The summed E-state index contributed by atoms with van der Waals surface area (Å²) in [6.45, 7) is 1.85. The number of rotatable bonds is 3. The van der Waals surface area contributed by atoms with E-state index in [1.54, 1.807) is 12.1 Å². The van der Waals surface area contributed by atoms with Crippen LogP contribution in [0.3, 0.4) is 0 Å². The Balaban J connectivity index is 2.40. The molecule has 0 spiro atoms. The van der Waals surface area contributed by atoms with Crippen molar-refractivity contribution in [3.8, 4) is 11.1 Å². The first-order valence-electron chi connectivity index (χ1n) is 5.90. The van der Waals surface area contributed by atoms with E-state index in [0.717, 1.165) is 16.7 Å². The monoisotopic (exact) mass is 240 g/mol. The van der Waals surface area contributed by atoms with Gasteiger partial charge in [-0.15, -0.1) is 0 Å². The number of nitrogen functional groups attached to an aromatic ring is 2. The molecule has 0 radical (unpaired) electrons. The third kappa shape index (κ3) is 2.35. The molecule has 0 saturated carbocycles. The minimum Gasteiger partial charge on any atom is -0.399 e. The topological polar surface area (TPSA) is 69.1 Å². The van der Waals surface area contributed by atoms with Gasteiger partial charge in [-0.05, 0) is 23.8 Å². The molecule has 0 aliphatic carbocycles. The fourth-order valence-electron chi connectivity index (χ4n) is 1.86. The molecule has 0 saturated heterocycles. The van der Waals surface area contributed by atoms with E-state index in [-0.39, 0.29) is 5.78 Å². The molecule has 18 heavy (non-hydrogen) atoms. The van der Waals surface area contributed by atoms with Crippen LogP contribution in [-0.4, -0.2) is 5.78 Å². The van der Waals surface area contributed by atoms with Crippen LogP contribution in [0, 0.1) is 0 Å². The summed E-state index contributed by atoms with van der Waals surface area (Å²) >= 11 is 0. The molecule has 0 aliphatic heterocycles. The predicted molar refractivity (Wildman–Crippen MR) is 75.3 cm³/mol. The van der Waals surface area contributed by atoms with Crippen molar-refractivity contribution in [3.63, 3.8) is 0 Å². The smallest absolute Gasteiger partial charge is 0.162 e. The minimum atomic E-state index is 0.141. The summed E-state index contributed by atoms with van der Waals surface area (Å²) in [5.74, 6) is 0.141. The molecule has 0 atom stereocenters. The summed E-state index contributed by atoms with van der Waals surface area (Å²) in [6.07, 6.45) is 0.514. The lowest BCUT2D eigenvalue weighted by molar-refractivity contribution is 0.0988. The average Bonchev–Trinajstić information content (AvgIpc) is 2.41. The highest BCUT2D eigenvalue weighted by molar-refractivity contribution is 5.96. The van der Waals surface area contributed by atoms with Gasteiger partial charge >= 0.3 is 0 Å². The predicted octanol–water partition coefficient (Wildman–Crippen LogP) is 3.11. The Morgan fingerprint density at radius 2 is 1.72 bits per heavy atom.